The summed E-state index contributed by atoms with van der Waals surface area (Å²) in [6.07, 6.45) is 1.29. The topological polar surface area (TPSA) is 90.9 Å². The van der Waals surface area contributed by atoms with E-state index in [-0.39, 0.29) is 12.1 Å². The summed E-state index contributed by atoms with van der Waals surface area (Å²) >= 11 is 3.25. The van der Waals surface area contributed by atoms with Gasteiger partial charge in [-0.25, -0.2) is 9.59 Å². The molecule has 0 aliphatic carbocycles. The van der Waals surface area contributed by atoms with Crippen LogP contribution in [0.3, 0.4) is 0 Å². The molecule has 1 aliphatic rings. The molecule has 140 valence electrons. The molecule has 0 radical (unpaired) electrons. The van der Waals surface area contributed by atoms with Gasteiger partial charge in [0.15, 0.2) is 0 Å². The first kappa shape index (κ1) is 21.2. The van der Waals surface area contributed by atoms with Crippen molar-refractivity contribution in [3.63, 3.8) is 0 Å². The smallest absolute Gasteiger partial charge is 0.408 e. The maximum atomic E-state index is 12.0. The lowest BCUT2D eigenvalue weighted by molar-refractivity contribution is -0.147. The van der Waals surface area contributed by atoms with Gasteiger partial charge in [0.1, 0.15) is 24.0 Å². The molecule has 0 saturated heterocycles. The number of halogens is 1. The first-order chi connectivity index (χ1) is 11.5. The Labute approximate surface area is 155 Å². The molecule has 25 heavy (non-hydrogen) atoms. The van der Waals surface area contributed by atoms with Crippen LogP contribution in [0, 0.1) is 0 Å². The predicted molar refractivity (Wildman–Crippen MR) is 94.8 cm³/mol. The lowest BCUT2D eigenvalue weighted by Gasteiger charge is -2.20. The summed E-state index contributed by atoms with van der Waals surface area (Å²) in [5.41, 5.74) is -0.380. The summed E-state index contributed by atoms with van der Waals surface area (Å²) in [5, 5.41) is 2.33. The zero-order valence-corrected chi connectivity index (χ0v) is 16.7. The number of rotatable bonds is 6. The molecule has 0 aromatic carbocycles. The molecular weight excluding hydrogens is 394 g/mol. The highest BCUT2D eigenvalue weighted by atomic mass is 79.9. The highest BCUT2D eigenvalue weighted by molar-refractivity contribution is 9.11. The molecular formula is C17H24BrNO6. The molecule has 1 heterocycles. The second kappa shape index (κ2) is 9.03. The van der Waals surface area contributed by atoms with Crippen LogP contribution in [0.15, 0.2) is 21.9 Å². The van der Waals surface area contributed by atoms with Gasteiger partial charge in [0.25, 0.3) is 0 Å². The fraction of sp³-hybridized carbons (Fsp3) is 0.588. The number of nitrogens with one attached hydrogen (secondary N) is 1. The summed E-state index contributed by atoms with van der Waals surface area (Å²) in [6, 6.07) is 0. The molecule has 1 aliphatic heterocycles. The molecule has 0 aromatic heterocycles. The number of alkyl carbamates (subject to hydrolysis) is 1. The molecule has 1 N–H and O–H groups in total. The van der Waals surface area contributed by atoms with E-state index >= 15 is 0 Å². The Hall–Kier alpha value is -1.83. The van der Waals surface area contributed by atoms with Crippen LogP contribution < -0.4 is 5.32 Å². The predicted octanol–water partition coefficient (Wildman–Crippen LogP) is 3.33. The van der Waals surface area contributed by atoms with Crippen molar-refractivity contribution in [2.75, 3.05) is 6.54 Å². The van der Waals surface area contributed by atoms with Crippen LogP contribution in [0.5, 0.6) is 0 Å². The van der Waals surface area contributed by atoms with E-state index in [2.05, 4.69) is 21.2 Å². The van der Waals surface area contributed by atoms with E-state index < -0.39 is 29.7 Å². The van der Waals surface area contributed by atoms with Gasteiger partial charge in [-0.2, -0.15) is 0 Å². The lowest BCUT2D eigenvalue weighted by Crippen LogP contribution is -2.37. The quantitative estimate of drug-likeness (QED) is 0.526. The van der Waals surface area contributed by atoms with E-state index in [1.807, 2.05) is 6.92 Å². The Morgan fingerprint density at radius 3 is 2.48 bits per heavy atom. The zero-order chi connectivity index (χ0) is 19.2. The van der Waals surface area contributed by atoms with Crippen LogP contribution >= 0.6 is 15.9 Å². The second-order valence-electron chi connectivity index (χ2n) is 6.51. The maximum absolute atomic E-state index is 12.0. The Morgan fingerprint density at radius 1 is 1.36 bits per heavy atom. The number of hydrogen-bond acceptors (Lipinski definition) is 6. The number of allylic oxidation sites excluding steroid dienone is 2. The summed E-state index contributed by atoms with van der Waals surface area (Å²) in [7, 11) is 0. The van der Waals surface area contributed by atoms with Crippen LogP contribution in [-0.2, 0) is 23.8 Å². The molecule has 0 spiro atoms. The number of ether oxygens (including phenoxy) is 3. The van der Waals surface area contributed by atoms with Crippen molar-refractivity contribution in [3.8, 4) is 0 Å². The molecule has 1 amide bonds. The average molecular weight is 418 g/mol. The summed E-state index contributed by atoms with van der Waals surface area (Å²) in [6.45, 7) is 8.46. The first-order valence-corrected chi connectivity index (χ1v) is 8.79. The minimum absolute atomic E-state index is 0.279. The van der Waals surface area contributed by atoms with E-state index in [9.17, 15) is 14.4 Å². The molecule has 1 unspecified atom stereocenters. The van der Waals surface area contributed by atoms with Gasteiger partial charge in [-0.05, 0) is 40.2 Å². The summed E-state index contributed by atoms with van der Waals surface area (Å²) in [5.74, 6) is -0.810. The number of amides is 1. The van der Waals surface area contributed by atoms with Crippen molar-refractivity contribution >= 4 is 34.0 Å². The van der Waals surface area contributed by atoms with E-state index in [0.29, 0.717) is 23.1 Å². The Balaban J connectivity index is 2.68. The van der Waals surface area contributed by atoms with Crippen LogP contribution in [0.1, 0.15) is 47.5 Å². The molecule has 0 fully saturated rings. The largest absolute Gasteiger partial charge is 0.456 e. The molecule has 0 saturated carbocycles. The van der Waals surface area contributed by atoms with E-state index in [4.69, 9.17) is 14.2 Å². The molecule has 1 atom stereocenters. The summed E-state index contributed by atoms with van der Waals surface area (Å²) in [4.78, 5) is 35.5. The molecule has 0 bridgehead atoms. The van der Waals surface area contributed by atoms with Gasteiger partial charge in [0, 0.05) is 4.48 Å². The van der Waals surface area contributed by atoms with Crippen LogP contribution in [0.2, 0.25) is 0 Å². The maximum Gasteiger partial charge on any atom is 0.408 e. The standard InChI is InChI=1S/C17H24BrNO6/c1-6-7-12(11-8-13(10(2)18)24-15(11)21)23-14(20)9-19-16(22)25-17(3,4)5/h8,12H,6-7,9H2,1-5H3,(H,19,22)/b13-10-. The van der Waals surface area contributed by atoms with E-state index in [1.165, 1.54) is 0 Å². The number of cyclic esters (lactones) is 1. The highest BCUT2D eigenvalue weighted by Gasteiger charge is 2.31. The van der Waals surface area contributed by atoms with Gasteiger partial charge in [-0.3, -0.25) is 4.79 Å². The Kier molecular flexibility index (Phi) is 7.66. The fourth-order valence-electron chi connectivity index (χ4n) is 1.98. The number of carbonyl (C=O) groups is 3. The van der Waals surface area contributed by atoms with Crippen molar-refractivity contribution in [1.29, 1.82) is 0 Å². The van der Waals surface area contributed by atoms with E-state index in [1.54, 1.807) is 33.8 Å². The van der Waals surface area contributed by atoms with Gasteiger partial charge < -0.3 is 19.5 Å². The van der Waals surface area contributed by atoms with Crippen molar-refractivity contribution in [2.45, 2.75) is 59.2 Å². The number of carbonyl (C=O) groups excluding carboxylic acids is 3. The van der Waals surface area contributed by atoms with Gasteiger partial charge in [-0.1, -0.05) is 29.3 Å². The van der Waals surface area contributed by atoms with Gasteiger partial charge in [0.05, 0.1) is 5.57 Å². The van der Waals surface area contributed by atoms with Gasteiger partial charge in [0.2, 0.25) is 0 Å². The van der Waals surface area contributed by atoms with Crippen LogP contribution in [-0.4, -0.2) is 36.3 Å². The second-order valence-corrected chi connectivity index (χ2v) is 7.70. The average Bonchev–Trinajstić information content (AvgIpc) is 2.85. The molecule has 8 heteroatoms. The Morgan fingerprint density at radius 2 is 2.00 bits per heavy atom. The van der Waals surface area contributed by atoms with E-state index in [0.717, 1.165) is 0 Å². The molecule has 7 nitrogen and oxygen atoms in total. The van der Waals surface area contributed by atoms with Crippen LogP contribution in [0.4, 0.5) is 4.79 Å². The summed E-state index contributed by atoms with van der Waals surface area (Å²) < 4.78 is 16.2. The minimum Gasteiger partial charge on any atom is -0.456 e. The van der Waals surface area contributed by atoms with Crippen molar-refractivity contribution in [3.05, 3.63) is 21.9 Å². The SMILES string of the molecule is CCCC(OC(=O)CNC(=O)OC(C)(C)C)C1=C/C(=C(\C)Br)OC1=O. The number of esters is 2. The zero-order valence-electron chi connectivity index (χ0n) is 15.1. The highest BCUT2D eigenvalue weighted by Crippen LogP contribution is 2.27. The molecule has 0 aromatic rings. The third-order valence-corrected chi connectivity index (χ3v) is 3.40. The monoisotopic (exact) mass is 417 g/mol. The van der Waals surface area contributed by atoms with Gasteiger partial charge in [-0.15, -0.1) is 0 Å². The van der Waals surface area contributed by atoms with Crippen molar-refractivity contribution in [1.82, 2.24) is 5.32 Å². The van der Waals surface area contributed by atoms with Crippen LogP contribution in [0.25, 0.3) is 0 Å². The normalized spacial score (nSPS) is 17.4. The first-order valence-electron chi connectivity index (χ1n) is 8.00. The Bertz CT molecular complexity index is 599. The molecule has 1 rings (SSSR count). The third kappa shape index (κ3) is 7.29. The van der Waals surface area contributed by atoms with Gasteiger partial charge >= 0.3 is 18.0 Å². The number of hydrogen-bond donors (Lipinski definition) is 1. The lowest BCUT2D eigenvalue weighted by atomic mass is 10.1. The fourth-order valence-corrected chi connectivity index (χ4v) is 2.18. The third-order valence-electron chi connectivity index (χ3n) is 3.01. The van der Waals surface area contributed by atoms with Crippen molar-refractivity contribution < 1.29 is 28.6 Å². The minimum atomic E-state index is -0.727. The van der Waals surface area contributed by atoms with Crippen molar-refractivity contribution in [2.24, 2.45) is 0 Å².